The van der Waals surface area contributed by atoms with E-state index in [2.05, 4.69) is 16.9 Å². The number of benzene rings is 1. The van der Waals surface area contributed by atoms with Gasteiger partial charge in [0, 0.05) is 0 Å². The van der Waals surface area contributed by atoms with Gasteiger partial charge in [0.2, 0.25) is 5.88 Å². The number of hydrogen-bond donors (Lipinski definition) is 2. The van der Waals surface area contributed by atoms with Gasteiger partial charge in [-0.25, -0.2) is 0 Å². The summed E-state index contributed by atoms with van der Waals surface area (Å²) in [6.07, 6.45) is 1.07. The molecule has 2 rings (SSSR count). The summed E-state index contributed by atoms with van der Waals surface area (Å²) in [4.78, 5) is 19.0. The molecule has 0 atom stereocenters. The third-order valence-corrected chi connectivity index (χ3v) is 4.13. The van der Waals surface area contributed by atoms with Gasteiger partial charge in [0.05, 0.1) is 5.75 Å². The molecule has 0 radical (unpaired) electrons. The highest BCUT2D eigenvalue weighted by Gasteiger charge is 2.14. The largest absolute Gasteiger partial charge is 0.493 e. The Bertz CT molecular complexity index is 653. The van der Waals surface area contributed by atoms with Gasteiger partial charge in [-0.3, -0.25) is 4.79 Å². The number of H-pyrrole nitrogens is 1. The fourth-order valence-corrected chi connectivity index (χ4v) is 2.75. The van der Waals surface area contributed by atoms with Crippen LogP contribution in [0.25, 0.3) is 11.1 Å². The number of nitrogens with one attached hydrogen (secondary N) is 1. The minimum absolute atomic E-state index is 0.199. The second kappa shape index (κ2) is 6.61. The highest BCUT2D eigenvalue weighted by atomic mass is 32.2. The molecule has 0 fully saturated rings. The monoisotopic (exact) mass is 290 g/mol. The Balaban J connectivity index is 2.37. The van der Waals surface area contributed by atoms with Crippen molar-refractivity contribution in [2.24, 2.45) is 0 Å². The molecule has 0 spiro atoms. The van der Waals surface area contributed by atoms with Crippen molar-refractivity contribution >= 4 is 11.8 Å². The molecule has 0 aliphatic rings. The molecular weight excluding hydrogens is 272 g/mol. The number of aryl methyl sites for hydroxylation is 1. The molecule has 20 heavy (non-hydrogen) atoms. The Morgan fingerprint density at radius 1 is 1.35 bits per heavy atom. The van der Waals surface area contributed by atoms with E-state index in [0.717, 1.165) is 17.7 Å². The first-order valence-corrected chi connectivity index (χ1v) is 7.75. The minimum atomic E-state index is -0.293. The highest BCUT2D eigenvalue weighted by molar-refractivity contribution is 7.98. The Labute approximate surface area is 122 Å². The molecule has 0 saturated carbocycles. The molecule has 106 valence electrons. The van der Waals surface area contributed by atoms with E-state index in [-0.39, 0.29) is 17.0 Å². The van der Waals surface area contributed by atoms with Crippen molar-refractivity contribution in [2.75, 3.05) is 5.75 Å². The Kier molecular flexibility index (Phi) is 4.84. The average molecular weight is 290 g/mol. The van der Waals surface area contributed by atoms with Gasteiger partial charge in [-0.1, -0.05) is 31.2 Å². The number of hydrogen-bond acceptors (Lipinski definition) is 4. The molecule has 0 unspecified atom stereocenters. The molecule has 0 bridgehead atoms. The summed E-state index contributed by atoms with van der Waals surface area (Å²) in [6.45, 7) is 4.00. The highest BCUT2D eigenvalue weighted by Crippen LogP contribution is 2.26. The van der Waals surface area contributed by atoms with Crippen LogP contribution < -0.4 is 5.56 Å². The van der Waals surface area contributed by atoms with Gasteiger partial charge in [-0.2, -0.15) is 16.7 Å². The van der Waals surface area contributed by atoms with Crippen molar-refractivity contribution in [1.82, 2.24) is 9.97 Å². The third-order valence-electron chi connectivity index (χ3n) is 2.95. The smallest absolute Gasteiger partial charge is 0.262 e. The molecule has 2 N–H and O–H groups in total. The topological polar surface area (TPSA) is 66.0 Å². The first kappa shape index (κ1) is 14.7. The summed E-state index contributed by atoms with van der Waals surface area (Å²) in [7, 11) is 0. The summed E-state index contributed by atoms with van der Waals surface area (Å²) in [6, 6.07) is 7.45. The molecule has 1 heterocycles. The minimum Gasteiger partial charge on any atom is -0.493 e. The number of nitrogens with zero attached hydrogens (tertiary/aromatic N) is 1. The zero-order valence-corrected chi connectivity index (χ0v) is 12.5. The number of rotatable bonds is 5. The van der Waals surface area contributed by atoms with Gasteiger partial charge in [0.25, 0.3) is 5.56 Å². The molecule has 0 aliphatic heterocycles. The quantitative estimate of drug-likeness (QED) is 0.830. The second-order valence-corrected chi connectivity index (χ2v) is 5.68. The van der Waals surface area contributed by atoms with Gasteiger partial charge in [-0.15, -0.1) is 0 Å². The first-order chi connectivity index (χ1) is 9.63. The van der Waals surface area contributed by atoms with Crippen LogP contribution in [0.15, 0.2) is 29.1 Å². The van der Waals surface area contributed by atoms with Gasteiger partial charge in [0.15, 0.2) is 0 Å². The van der Waals surface area contributed by atoms with Gasteiger partial charge < -0.3 is 10.1 Å². The van der Waals surface area contributed by atoms with Crippen molar-refractivity contribution in [3.63, 3.8) is 0 Å². The van der Waals surface area contributed by atoms with E-state index < -0.39 is 0 Å². The number of thioether (sulfide) groups is 1. The average Bonchev–Trinajstić information content (AvgIpc) is 2.40. The van der Waals surface area contributed by atoms with Crippen LogP contribution in [0.4, 0.5) is 0 Å². The van der Waals surface area contributed by atoms with E-state index in [1.807, 2.05) is 31.2 Å². The molecule has 1 aromatic heterocycles. The van der Waals surface area contributed by atoms with Crippen molar-refractivity contribution in [3.8, 4) is 17.0 Å². The van der Waals surface area contributed by atoms with Gasteiger partial charge >= 0.3 is 0 Å². The normalized spacial score (nSPS) is 10.7. The number of aromatic nitrogens is 2. The third kappa shape index (κ3) is 3.22. The molecule has 5 heteroatoms. The molecule has 4 nitrogen and oxygen atoms in total. The number of aromatic hydroxyl groups is 1. The maximum absolute atomic E-state index is 12.2. The number of aromatic amines is 1. The van der Waals surface area contributed by atoms with Crippen molar-refractivity contribution in [3.05, 3.63) is 46.0 Å². The van der Waals surface area contributed by atoms with Crippen LogP contribution in [0.5, 0.6) is 5.88 Å². The molecule has 2 aromatic rings. The fourth-order valence-electron chi connectivity index (χ4n) is 1.98. The lowest BCUT2D eigenvalue weighted by Gasteiger charge is -2.08. The van der Waals surface area contributed by atoms with Crippen molar-refractivity contribution < 1.29 is 5.11 Å². The predicted octanol–water partition coefficient (Wildman–Crippen LogP) is 3.09. The standard InChI is InChI=1S/C15H18N2O2S/c1-3-8-20-9-12-16-14(18)13(15(19)17-12)11-7-5-4-6-10(11)2/h4-7H,3,8-9H2,1-2H3,(H2,16,17,18,19). The van der Waals surface area contributed by atoms with E-state index in [1.54, 1.807) is 11.8 Å². The lowest BCUT2D eigenvalue weighted by molar-refractivity contribution is 0.451. The predicted molar refractivity (Wildman–Crippen MR) is 83.1 cm³/mol. The van der Waals surface area contributed by atoms with Gasteiger partial charge in [-0.05, 0) is 30.2 Å². The Morgan fingerprint density at radius 3 is 2.75 bits per heavy atom. The van der Waals surface area contributed by atoms with Crippen LogP contribution in [0.2, 0.25) is 0 Å². The maximum atomic E-state index is 12.2. The molecule has 0 aliphatic carbocycles. The fraction of sp³-hybridized carbons (Fsp3) is 0.333. The second-order valence-electron chi connectivity index (χ2n) is 4.58. The maximum Gasteiger partial charge on any atom is 0.262 e. The van der Waals surface area contributed by atoms with Crippen LogP contribution >= 0.6 is 11.8 Å². The summed E-state index contributed by atoms with van der Waals surface area (Å²) in [5, 5.41) is 10.1. The van der Waals surface area contributed by atoms with Crippen LogP contribution in [0, 0.1) is 6.92 Å². The van der Waals surface area contributed by atoms with Crippen LogP contribution in [-0.4, -0.2) is 20.8 Å². The zero-order valence-electron chi connectivity index (χ0n) is 11.6. The van der Waals surface area contributed by atoms with Crippen LogP contribution in [0.3, 0.4) is 0 Å². The zero-order chi connectivity index (χ0) is 14.5. The Morgan fingerprint density at radius 2 is 2.10 bits per heavy atom. The van der Waals surface area contributed by atoms with Crippen molar-refractivity contribution in [1.29, 1.82) is 0 Å². The van der Waals surface area contributed by atoms with E-state index >= 15 is 0 Å². The molecule has 0 amide bonds. The summed E-state index contributed by atoms with van der Waals surface area (Å²) in [5.74, 6) is 1.92. The molecular formula is C15H18N2O2S. The molecule has 1 aromatic carbocycles. The lowest BCUT2D eigenvalue weighted by atomic mass is 10.0. The SMILES string of the molecule is CCCSCc1nc(O)c(-c2ccccc2C)c(=O)[nH]1. The summed E-state index contributed by atoms with van der Waals surface area (Å²) < 4.78 is 0. The van der Waals surface area contributed by atoms with Crippen LogP contribution in [-0.2, 0) is 5.75 Å². The van der Waals surface area contributed by atoms with Gasteiger partial charge in [0.1, 0.15) is 11.4 Å². The van der Waals surface area contributed by atoms with E-state index in [0.29, 0.717) is 17.1 Å². The lowest BCUT2D eigenvalue weighted by Crippen LogP contribution is -2.14. The Hall–Kier alpha value is -1.75. The van der Waals surface area contributed by atoms with E-state index in [9.17, 15) is 9.90 Å². The summed E-state index contributed by atoms with van der Waals surface area (Å²) >= 11 is 1.68. The van der Waals surface area contributed by atoms with Crippen LogP contribution in [0.1, 0.15) is 24.7 Å². The molecule has 0 saturated heterocycles. The first-order valence-electron chi connectivity index (χ1n) is 6.59. The van der Waals surface area contributed by atoms with Crippen molar-refractivity contribution in [2.45, 2.75) is 26.0 Å². The van der Waals surface area contributed by atoms with E-state index in [1.165, 1.54) is 0 Å². The summed E-state index contributed by atoms with van der Waals surface area (Å²) in [5.41, 5.74) is 1.60. The van der Waals surface area contributed by atoms with E-state index in [4.69, 9.17) is 0 Å².